The number of para-hydroxylation sites is 1. The molecule has 0 saturated heterocycles. The standard InChI is InChI=1S/C21H24N4O2S/c1-21(2,3)19(27)24-15-8-6-7-14(13-15)18(26)22-11-12-23-20-25-16-9-4-5-10-17(16)28-20/h4-10,13H,11-12H2,1-3H3,(H,22,26)(H,23,25)(H,24,27). The van der Waals surface area contributed by atoms with Crippen LogP contribution in [0.3, 0.4) is 0 Å². The van der Waals surface area contributed by atoms with Crippen LogP contribution in [0.25, 0.3) is 10.2 Å². The maximum atomic E-state index is 12.4. The number of benzene rings is 2. The number of nitrogens with zero attached hydrogens (tertiary/aromatic N) is 1. The Kier molecular flexibility index (Phi) is 5.94. The summed E-state index contributed by atoms with van der Waals surface area (Å²) < 4.78 is 1.13. The fourth-order valence-corrected chi connectivity index (χ4v) is 3.34. The van der Waals surface area contributed by atoms with Crippen LogP contribution < -0.4 is 16.0 Å². The van der Waals surface area contributed by atoms with E-state index in [9.17, 15) is 9.59 Å². The molecule has 0 aliphatic rings. The summed E-state index contributed by atoms with van der Waals surface area (Å²) in [6, 6.07) is 14.9. The number of nitrogens with one attached hydrogen (secondary N) is 3. The van der Waals surface area contributed by atoms with Crippen molar-refractivity contribution in [3.8, 4) is 0 Å². The van der Waals surface area contributed by atoms with E-state index in [1.165, 1.54) is 0 Å². The van der Waals surface area contributed by atoms with Crippen molar-refractivity contribution in [2.24, 2.45) is 5.41 Å². The highest BCUT2D eigenvalue weighted by Crippen LogP contribution is 2.25. The molecule has 146 valence electrons. The summed E-state index contributed by atoms with van der Waals surface area (Å²) in [4.78, 5) is 29.0. The molecule has 7 heteroatoms. The average Bonchev–Trinajstić information content (AvgIpc) is 3.07. The molecule has 0 fully saturated rings. The molecular formula is C21H24N4O2S. The van der Waals surface area contributed by atoms with Crippen LogP contribution in [0.2, 0.25) is 0 Å². The van der Waals surface area contributed by atoms with Gasteiger partial charge in [-0.05, 0) is 30.3 Å². The lowest BCUT2D eigenvalue weighted by Crippen LogP contribution is -2.29. The zero-order valence-corrected chi connectivity index (χ0v) is 17.0. The van der Waals surface area contributed by atoms with Crippen molar-refractivity contribution < 1.29 is 9.59 Å². The highest BCUT2D eigenvalue weighted by atomic mass is 32.1. The van der Waals surface area contributed by atoms with Crippen molar-refractivity contribution in [1.82, 2.24) is 10.3 Å². The Morgan fingerprint density at radius 2 is 1.82 bits per heavy atom. The number of aromatic nitrogens is 1. The third-order valence-corrected chi connectivity index (χ3v) is 5.04. The maximum absolute atomic E-state index is 12.4. The normalized spacial score (nSPS) is 11.2. The molecule has 0 bridgehead atoms. The van der Waals surface area contributed by atoms with Crippen LogP contribution in [0.4, 0.5) is 10.8 Å². The molecule has 0 unspecified atom stereocenters. The van der Waals surface area contributed by atoms with E-state index in [0.29, 0.717) is 24.3 Å². The third-order valence-electron chi connectivity index (χ3n) is 4.04. The summed E-state index contributed by atoms with van der Waals surface area (Å²) in [6.45, 7) is 6.57. The molecule has 0 aliphatic heterocycles. The summed E-state index contributed by atoms with van der Waals surface area (Å²) in [6.07, 6.45) is 0. The highest BCUT2D eigenvalue weighted by molar-refractivity contribution is 7.22. The van der Waals surface area contributed by atoms with E-state index in [1.54, 1.807) is 35.6 Å². The van der Waals surface area contributed by atoms with Gasteiger partial charge in [0.25, 0.3) is 5.91 Å². The van der Waals surface area contributed by atoms with Crippen LogP contribution in [0.15, 0.2) is 48.5 Å². The summed E-state index contributed by atoms with van der Waals surface area (Å²) >= 11 is 1.59. The molecule has 0 spiro atoms. The van der Waals surface area contributed by atoms with Gasteiger partial charge in [-0.25, -0.2) is 4.98 Å². The number of amides is 2. The first-order valence-corrected chi connectivity index (χ1v) is 9.94. The molecule has 1 heterocycles. The molecule has 0 radical (unpaired) electrons. The Balaban J connectivity index is 1.50. The number of hydrogen-bond donors (Lipinski definition) is 3. The van der Waals surface area contributed by atoms with Gasteiger partial charge in [0.2, 0.25) is 5.91 Å². The number of anilines is 2. The second-order valence-corrected chi connectivity index (χ2v) is 8.48. The maximum Gasteiger partial charge on any atom is 0.251 e. The molecule has 0 saturated carbocycles. The van der Waals surface area contributed by atoms with E-state index in [2.05, 4.69) is 20.9 Å². The smallest absolute Gasteiger partial charge is 0.251 e. The summed E-state index contributed by atoms with van der Waals surface area (Å²) in [5.41, 5.74) is 1.59. The van der Waals surface area contributed by atoms with E-state index in [-0.39, 0.29) is 11.8 Å². The molecule has 6 nitrogen and oxygen atoms in total. The van der Waals surface area contributed by atoms with Crippen molar-refractivity contribution in [2.45, 2.75) is 20.8 Å². The second-order valence-electron chi connectivity index (χ2n) is 7.45. The molecule has 3 aromatic rings. The average molecular weight is 397 g/mol. The summed E-state index contributed by atoms with van der Waals surface area (Å²) in [5.74, 6) is -0.275. The zero-order chi connectivity index (χ0) is 20.1. The number of rotatable bonds is 6. The Labute approximate surface area is 168 Å². The topological polar surface area (TPSA) is 83.1 Å². The van der Waals surface area contributed by atoms with Gasteiger partial charge in [-0.2, -0.15) is 0 Å². The van der Waals surface area contributed by atoms with E-state index < -0.39 is 5.41 Å². The largest absolute Gasteiger partial charge is 0.360 e. The first-order chi connectivity index (χ1) is 13.3. The quantitative estimate of drug-likeness (QED) is 0.547. The van der Waals surface area contributed by atoms with Crippen LogP contribution in [0.1, 0.15) is 31.1 Å². The fourth-order valence-electron chi connectivity index (χ4n) is 2.45. The van der Waals surface area contributed by atoms with Gasteiger partial charge in [0.05, 0.1) is 10.2 Å². The summed E-state index contributed by atoms with van der Waals surface area (Å²) in [7, 11) is 0. The number of carbonyl (C=O) groups excluding carboxylic acids is 2. The number of thiazole rings is 1. The van der Waals surface area contributed by atoms with Gasteiger partial charge in [-0.15, -0.1) is 0 Å². The van der Waals surface area contributed by atoms with Gasteiger partial charge in [-0.3, -0.25) is 9.59 Å². The van der Waals surface area contributed by atoms with Gasteiger partial charge < -0.3 is 16.0 Å². The number of hydrogen-bond acceptors (Lipinski definition) is 5. The van der Waals surface area contributed by atoms with Crippen molar-refractivity contribution in [3.05, 3.63) is 54.1 Å². The SMILES string of the molecule is CC(C)(C)C(=O)Nc1cccc(C(=O)NCCNc2nc3ccccc3s2)c1. The van der Waals surface area contributed by atoms with Crippen LogP contribution in [0.5, 0.6) is 0 Å². The van der Waals surface area contributed by atoms with Crippen LogP contribution >= 0.6 is 11.3 Å². The zero-order valence-electron chi connectivity index (χ0n) is 16.2. The number of carbonyl (C=O) groups is 2. The molecule has 3 rings (SSSR count). The first kappa shape index (κ1) is 19.8. The Morgan fingerprint density at radius 1 is 1.04 bits per heavy atom. The minimum absolute atomic E-state index is 0.0925. The molecule has 1 aromatic heterocycles. The highest BCUT2D eigenvalue weighted by Gasteiger charge is 2.21. The monoisotopic (exact) mass is 396 g/mol. The second kappa shape index (κ2) is 8.39. The van der Waals surface area contributed by atoms with Crippen molar-refractivity contribution in [1.29, 1.82) is 0 Å². The van der Waals surface area contributed by atoms with E-state index in [4.69, 9.17) is 0 Å². The first-order valence-electron chi connectivity index (χ1n) is 9.12. The van der Waals surface area contributed by atoms with Crippen molar-refractivity contribution in [3.63, 3.8) is 0 Å². The minimum Gasteiger partial charge on any atom is -0.360 e. The summed E-state index contributed by atoms with van der Waals surface area (Å²) in [5, 5.41) is 9.78. The van der Waals surface area contributed by atoms with Gasteiger partial charge in [-0.1, -0.05) is 50.3 Å². The molecule has 0 aliphatic carbocycles. The van der Waals surface area contributed by atoms with Gasteiger partial charge >= 0.3 is 0 Å². The van der Waals surface area contributed by atoms with Gasteiger partial charge in [0, 0.05) is 29.8 Å². The lowest BCUT2D eigenvalue weighted by Gasteiger charge is -2.18. The Morgan fingerprint density at radius 3 is 2.57 bits per heavy atom. The predicted octanol–water partition coefficient (Wildman–Crippen LogP) is 4.12. The van der Waals surface area contributed by atoms with Crippen LogP contribution in [0, 0.1) is 5.41 Å². The number of fused-ring (bicyclic) bond motifs is 1. The van der Waals surface area contributed by atoms with Crippen LogP contribution in [-0.4, -0.2) is 29.9 Å². The van der Waals surface area contributed by atoms with Crippen LogP contribution in [-0.2, 0) is 4.79 Å². The van der Waals surface area contributed by atoms with E-state index in [0.717, 1.165) is 15.3 Å². The third kappa shape index (κ3) is 5.07. The fraction of sp³-hybridized carbons (Fsp3) is 0.286. The van der Waals surface area contributed by atoms with E-state index in [1.807, 2.05) is 45.0 Å². The van der Waals surface area contributed by atoms with Gasteiger partial charge in [0.1, 0.15) is 0 Å². The molecule has 2 amide bonds. The Bertz CT molecular complexity index is 958. The van der Waals surface area contributed by atoms with Crippen molar-refractivity contribution >= 4 is 44.2 Å². The molecule has 28 heavy (non-hydrogen) atoms. The molecule has 0 atom stereocenters. The molecule has 3 N–H and O–H groups in total. The predicted molar refractivity (Wildman–Crippen MR) is 115 cm³/mol. The Hall–Kier alpha value is -2.93. The molecular weight excluding hydrogens is 372 g/mol. The minimum atomic E-state index is -0.495. The van der Waals surface area contributed by atoms with Gasteiger partial charge in [0.15, 0.2) is 5.13 Å². The lowest BCUT2D eigenvalue weighted by atomic mass is 9.95. The molecule has 2 aromatic carbocycles. The van der Waals surface area contributed by atoms with Crippen molar-refractivity contribution in [2.75, 3.05) is 23.7 Å². The lowest BCUT2D eigenvalue weighted by molar-refractivity contribution is -0.123. The van der Waals surface area contributed by atoms with E-state index >= 15 is 0 Å².